The lowest BCUT2D eigenvalue weighted by Crippen LogP contribution is -2.20. The van der Waals surface area contributed by atoms with Crippen LogP contribution in [0.2, 0.25) is 0 Å². The molecule has 0 aliphatic heterocycles. The first kappa shape index (κ1) is 14.9. The molecule has 0 fully saturated rings. The lowest BCUT2D eigenvalue weighted by atomic mass is 10.0. The number of amides is 1. The molecule has 0 spiro atoms. The molecule has 0 atom stereocenters. The van der Waals surface area contributed by atoms with Gasteiger partial charge in [-0.3, -0.25) is 4.79 Å². The first-order valence-corrected chi connectivity index (χ1v) is 6.93. The molecule has 0 aromatic heterocycles. The van der Waals surface area contributed by atoms with Crippen LogP contribution >= 0.6 is 0 Å². The molecule has 3 N–H and O–H groups in total. The van der Waals surface area contributed by atoms with Gasteiger partial charge in [-0.2, -0.15) is 0 Å². The van der Waals surface area contributed by atoms with E-state index in [1.165, 1.54) is 5.56 Å². The molecule has 4 heteroatoms. The van der Waals surface area contributed by atoms with Crippen LogP contribution in [0.25, 0.3) is 0 Å². The van der Waals surface area contributed by atoms with E-state index in [1.807, 2.05) is 24.3 Å². The Hall–Kier alpha value is -2.49. The average Bonchev–Trinajstić information content (AvgIpc) is 2.48. The van der Waals surface area contributed by atoms with E-state index in [-0.39, 0.29) is 12.5 Å². The van der Waals surface area contributed by atoms with Crippen LogP contribution in [0.1, 0.15) is 25.3 Å². The molecule has 0 unspecified atom stereocenters. The molecule has 0 aliphatic rings. The minimum Gasteiger partial charge on any atom is -0.484 e. The average molecular weight is 284 g/mol. The minimum atomic E-state index is -0.201. The number of rotatable bonds is 5. The zero-order chi connectivity index (χ0) is 15.2. The van der Waals surface area contributed by atoms with Gasteiger partial charge in [0.1, 0.15) is 5.75 Å². The monoisotopic (exact) mass is 284 g/mol. The van der Waals surface area contributed by atoms with Gasteiger partial charge in [-0.05, 0) is 47.9 Å². The first-order valence-electron chi connectivity index (χ1n) is 6.93. The highest BCUT2D eigenvalue weighted by Crippen LogP contribution is 2.18. The van der Waals surface area contributed by atoms with Crippen molar-refractivity contribution in [3.63, 3.8) is 0 Å². The third-order valence-electron chi connectivity index (χ3n) is 3.11. The quantitative estimate of drug-likeness (QED) is 0.827. The zero-order valence-corrected chi connectivity index (χ0v) is 12.3. The van der Waals surface area contributed by atoms with Gasteiger partial charge in [0.15, 0.2) is 6.61 Å². The van der Waals surface area contributed by atoms with Crippen LogP contribution in [0.15, 0.2) is 48.5 Å². The lowest BCUT2D eigenvalue weighted by molar-refractivity contribution is -0.118. The van der Waals surface area contributed by atoms with Crippen LogP contribution in [-0.4, -0.2) is 12.5 Å². The number of carbonyl (C=O) groups excluding carboxylic acids is 1. The molecule has 0 heterocycles. The molecular weight excluding hydrogens is 264 g/mol. The number of nitrogen functional groups attached to an aromatic ring is 1. The molecule has 0 saturated heterocycles. The fourth-order valence-electron chi connectivity index (χ4n) is 1.86. The van der Waals surface area contributed by atoms with Crippen LogP contribution in [-0.2, 0) is 4.79 Å². The van der Waals surface area contributed by atoms with Gasteiger partial charge in [-0.15, -0.1) is 0 Å². The second-order valence-electron chi connectivity index (χ2n) is 5.18. The maximum atomic E-state index is 11.8. The summed E-state index contributed by atoms with van der Waals surface area (Å²) in [5, 5.41) is 2.75. The highest BCUT2D eigenvalue weighted by atomic mass is 16.5. The highest BCUT2D eigenvalue weighted by Gasteiger charge is 2.04. The van der Waals surface area contributed by atoms with Crippen LogP contribution in [0.4, 0.5) is 11.4 Å². The van der Waals surface area contributed by atoms with Crippen LogP contribution < -0.4 is 15.8 Å². The maximum Gasteiger partial charge on any atom is 0.262 e. The van der Waals surface area contributed by atoms with Crippen molar-refractivity contribution in [3.05, 3.63) is 54.1 Å². The van der Waals surface area contributed by atoms with E-state index in [9.17, 15) is 4.79 Å². The van der Waals surface area contributed by atoms with Crippen LogP contribution in [0, 0.1) is 0 Å². The standard InChI is InChI=1S/C17H20N2O2/c1-12(2)13-3-9-16(10-4-13)21-11-17(20)19-15-7-5-14(18)6-8-15/h3-10,12H,11,18H2,1-2H3,(H,19,20). The SMILES string of the molecule is CC(C)c1ccc(OCC(=O)Nc2ccc(N)cc2)cc1. The number of nitrogens with one attached hydrogen (secondary N) is 1. The summed E-state index contributed by atoms with van der Waals surface area (Å²) in [6, 6.07) is 14.8. The topological polar surface area (TPSA) is 64.3 Å². The van der Waals surface area contributed by atoms with E-state index in [0.717, 1.165) is 0 Å². The van der Waals surface area contributed by atoms with Gasteiger partial charge >= 0.3 is 0 Å². The van der Waals surface area contributed by atoms with Crippen molar-refractivity contribution < 1.29 is 9.53 Å². The summed E-state index contributed by atoms with van der Waals surface area (Å²) in [6.45, 7) is 4.25. The minimum absolute atomic E-state index is 0.0224. The van der Waals surface area contributed by atoms with Gasteiger partial charge in [0, 0.05) is 11.4 Å². The first-order chi connectivity index (χ1) is 10.0. The van der Waals surface area contributed by atoms with Gasteiger partial charge in [0.05, 0.1) is 0 Å². The smallest absolute Gasteiger partial charge is 0.262 e. The number of anilines is 2. The molecular formula is C17H20N2O2. The Labute approximate surface area is 124 Å². The second kappa shape index (κ2) is 6.79. The number of hydrogen-bond acceptors (Lipinski definition) is 3. The Morgan fingerprint density at radius 2 is 1.71 bits per heavy atom. The van der Waals surface area contributed by atoms with Crippen molar-refractivity contribution in [1.82, 2.24) is 0 Å². The Morgan fingerprint density at radius 1 is 1.10 bits per heavy atom. The van der Waals surface area contributed by atoms with Gasteiger partial charge in [0.2, 0.25) is 0 Å². The largest absolute Gasteiger partial charge is 0.484 e. The van der Waals surface area contributed by atoms with E-state index in [0.29, 0.717) is 23.0 Å². The molecule has 2 rings (SSSR count). The fraction of sp³-hybridized carbons (Fsp3) is 0.235. The van der Waals surface area contributed by atoms with Crippen molar-refractivity contribution >= 4 is 17.3 Å². The van der Waals surface area contributed by atoms with Gasteiger partial charge < -0.3 is 15.8 Å². The molecule has 4 nitrogen and oxygen atoms in total. The van der Waals surface area contributed by atoms with Crippen molar-refractivity contribution in [2.24, 2.45) is 0 Å². The third kappa shape index (κ3) is 4.53. The van der Waals surface area contributed by atoms with E-state index in [2.05, 4.69) is 19.2 Å². The van der Waals surface area contributed by atoms with Gasteiger partial charge in [-0.1, -0.05) is 26.0 Å². The molecule has 0 bridgehead atoms. The zero-order valence-electron chi connectivity index (χ0n) is 12.3. The molecule has 21 heavy (non-hydrogen) atoms. The van der Waals surface area contributed by atoms with E-state index in [1.54, 1.807) is 24.3 Å². The number of benzene rings is 2. The number of nitrogens with two attached hydrogens (primary N) is 1. The van der Waals surface area contributed by atoms with Gasteiger partial charge in [0.25, 0.3) is 5.91 Å². The summed E-state index contributed by atoms with van der Waals surface area (Å²) in [5.41, 5.74) is 8.20. The molecule has 0 aliphatic carbocycles. The third-order valence-corrected chi connectivity index (χ3v) is 3.11. The number of ether oxygens (including phenoxy) is 1. The Balaban J connectivity index is 1.84. The lowest BCUT2D eigenvalue weighted by Gasteiger charge is -2.09. The summed E-state index contributed by atoms with van der Waals surface area (Å²) in [4.78, 5) is 11.8. The van der Waals surface area contributed by atoms with E-state index in [4.69, 9.17) is 10.5 Å². The highest BCUT2D eigenvalue weighted by molar-refractivity contribution is 5.92. The van der Waals surface area contributed by atoms with Crippen molar-refractivity contribution in [1.29, 1.82) is 0 Å². The molecule has 2 aromatic rings. The predicted octanol–water partition coefficient (Wildman–Crippen LogP) is 3.41. The Bertz CT molecular complexity index is 589. The Morgan fingerprint density at radius 3 is 2.29 bits per heavy atom. The predicted molar refractivity (Wildman–Crippen MR) is 85.5 cm³/mol. The van der Waals surface area contributed by atoms with E-state index >= 15 is 0 Å². The van der Waals surface area contributed by atoms with Crippen LogP contribution in [0.3, 0.4) is 0 Å². The maximum absolute atomic E-state index is 11.8. The molecule has 0 saturated carbocycles. The van der Waals surface area contributed by atoms with Crippen molar-refractivity contribution in [2.45, 2.75) is 19.8 Å². The van der Waals surface area contributed by atoms with Crippen LogP contribution in [0.5, 0.6) is 5.75 Å². The van der Waals surface area contributed by atoms with E-state index < -0.39 is 0 Å². The summed E-state index contributed by atoms with van der Waals surface area (Å²) in [6.07, 6.45) is 0. The normalized spacial score (nSPS) is 10.4. The Kier molecular flexibility index (Phi) is 4.82. The molecule has 0 radical (unpaired) electrons. The molecule has 2 aromatic carbocycles. The summed E-state index contributed by atoms with van der Waals surface area (Å²) < 4.78 is 5.46. The number of carbonyl (C=O) groups is 1. The van der Waals surface area contributed by atoms with Crippen molar-refractivity contribution in [2.75, 3.05) is 17.7 Å². The van der Waals surface area contributed by atoms with Gasteiger partial charge in [-0.25, -0.2) is 0 Å². The summed E-state index contributed by atoms with van der Waals surface area (Å²) in [5.74, 6) is 0.965. The molecule has 1 amide bonds. The fourth-order valence-corrected chi connectivity index (χ4v) is 1.86. The second-order valence-corrected chi connectivity index (χ2v) is 5.18. The summed E-state index contributed by atoms with van der Waals surface area (Å²) in [7, 11) is 0. The molecule has 110 valence electrons. The van der Waals surface area contributed by atoms with Crippen molar-refractivity contribution in [3.8, 4) is 5.75 Å². The summed E-state index contributed by atoms with van der Waals surface area (Å²) >= 11 is 0. The number of hydrogen-bond donors (Lipinski definition) is 2.